The van der Waals surface area contributed by atoms with Crippen molar-refractivity contribution in [3.8, 4) is 0 Å². The van der Waals surface area contributed by atoms with Crippen LogP contribution >= 0.6 is 30.2 Å². The SMILES string of the molecule is NC1NC(=O)C([C@H]2O[C@H](COP(=O)(O)CC(=O)O)[C@@H](O)[C@@H]2O)C=C1I. The first-order chi connectivity index (χ1) is 11.5. The highest BCUT2D eigenvalue weighted by Gasteiger charge is 2.49. The molecule has 0 aliphatic carbocycles. The van der Waals surface area contributed by atoms with Crippen LogP contribution in [0.3, 0.4) is 0 Å². The molecule has 25 heavy (non-hydrogen) atoms. The second-order valence-corrected chi connectivity index (χ2v) is 8.76. The third-order valence-electron chi connectivity index (χ3n) is 3.77. The van der Waals surface area contributed by atoms with Gasteiger partial charge < -0.3 is 40.5 Å². The largest absolute Gasteiger partial charge is 0.481 e. The standard InChI is InChI=1S/C12H18IN2O9P/c13-5-1-4(12(20)15-11(5)14)10-9(19)8(18)6(24-10)2-23-25(21,22)3-7(16)17/h1,4,6,8-11,18-19H,2-3,14H2,(H,15,20)(H,16,17)(H,21,22)/t4?,6-,8-,9+,10-,11?/m1/s1. The molecule has 7 N–H and O–H groups in total. The Morgan fingerprint density at radius 1 is 1.44 bits per heavy atom. The maximum Gasteiger partial charge on any atom is 0.339 e. The minimum atomic E-state index is -4.41. The second-order valence-electron chi connectivity index (χ2n) is 5.67. The highest BCUT2D eigenvalue weighted by molar-refractivity contribution is 14.1. The van der Waals surface area contributed by atoms with Gasteiger partial charge in [-0.1, -0.05) is 6.08 Å². The van der Waals surface area contributed by atoms with Gasteiger partial charge in [0.2, 0.25) is 5.91 Å². The van der Waals surface area contributed by atoms with Gasteiger partial charge in [-0.15, -0.1) is 0 Å². The van der Waals surface area contributed by atoms with E-state index in [0.29, 0.717) is 3.58 Å². The highest BCUT2D eigenvalue weighted by atomic mass is 127. The molecule has 13 heteroatoms. The van der Waals surface area contributed by atoms with Crippen LogP contribution < -0.4 is 11.1 Å². The summed E-state index contributed by atoms with van der Waals surface area (Å²) in [5, 5.41) is 31.2. The van der Waals surface area contributed by atoms with Gasteiger partial charge in [-0.25, -0.2) is 0 Å². The number of hydrogen-bond acceptors (Lipinski definition) is 8. The van der Waals surface area contributed by atoms with Crippen LogP contribution in [-0.2, 0) is 23.4 Å². The van der Waals surface area contributed by atoms with Gasteiger partial charge in [0.1, 0.15) is 36.7 Å². The number of aliphatic hydroxyl groups is 2. The number of nitrogens with two attached hydrogens (primary N) is 1. The Morgan fingerprint density at radius 3 is 2.68 bits per heavy atom. The molecule has 0 aromatic rings. The molecule has 2 aliphatic heterocycles. The van der Waals surface area contributed by atoms with Gasteiger partial charge in [0.05, 0.1) is 12.5 Å². The smallest absolute Gasteiger partial charge is 0.339 e. The van der Waals surface area contributed by atoms with E-state index in [1.807, 2.05) is 22.6 Å². The zero-order valence-corrected chi connectivity index (χ0v) is 15.7. The number of carboxylic acid groups (broad SMARTS) is 1. The van der Waals surface area contributed by atoms with E-state index in [2.05, 4.69) is 9.84 Å². The van der Waals surface area contributed by atoms with Crippen LogP contribution in [-0.4, -0.2) is 75.4 Å². The third-order valence-corrected chi connectivity index (χ3v) is 6.02. The maximum absolute atomic E-state index is 12.0. The van der Waals surface area contributed by atoms with Crippen LogP contribution in [0.4, 0.5) is 0 Å². The average molecular weight is 492 g/mol. The van der Waals surface area contributed by atoms with Crippen molar-refractivity contribution in [2.45, 2.75) is 30.6 Å². The molecule has 0 aromatic carbocycles. The van der Waals surface area contributed by atoms with E-state index in [-0.39, 0.29) is 0 Å². The summed E-state index contributed by atoms with van der Waals surface area (Å²) in [5.41, 5.74) is 5.67. The molecule has 2 heterocycles. The number of aliphatic hydroxyl groups excluding tert-OH is 2. The van der Waals surface area contributed by atoms with E-state index in [9.17, 15) is 29.3 Å². The predicted octanol–water partition coefficient (Wildman–Crippen LogP) is -1.89. The molecule has 11 nitrogen and oxygen atoms in total. The fourth-order valence-electron chi connectivity index (χ4n) is 2.53. The summed E-state index contributed by atoms with van der Waals surface area (Å²) in [4.78, 5) is 31.9. The van der Waals surface area contributed by atoms with E-state index in [0.717, 1.165) is 0 Å². The van der Waals surface area contributed by atoms with Crippen molar-refractivity contribution in [3.63, 3.8) is 0 Å². The Balaban J connectivity index is 2.04. The first-order valence-corrected chi connectivity index (χ1v) is 9.99. The number of aliphatic carboxylic acids is 1. The number of carboxylic acids is 1. The molecular formula is C12H18IN2O9P. The van der Waals surface area contributed by atoms with Crippen LogP contribution in [0.1, 0.15) is 0 Å². The van der Waals surface area contributed by atoms with Gasteiger partial charge in [0.25, 0.3) is 0 Å². The van der Waals surface area contributed by atoms with Crippen molar-refractivity contribution in [3.05, 3.63) is 9.66 Å². The topological polar surface area (TPSA) is 189 Å². The molecule has 0 spiro atoms. The summed E-state index contributed by atoms with van der Waals surface area (Å²) in [5.74, 6) is -2.93. The number of nitrogens with one attached hydrogen (secondary N) is 1. The molecule has 0 bridgehead atoms. The first-order valence-electron chi connectivity index (χ1n) is 7.15. The summed E-state index contributed by atoms with van der Waals surface area (Å²) >= 11 is 1.92. The number of carbonyl (C=O) groups excluding carboxylic acids is 1. The first kappa shape index (κ1) is 20.7. The van der Waals surface area contributed by atoms with Crippen molar-refractivity contribution in [1.82, 2.24) is 5.32 Å². The van der Waals surface area contributed by atoms with Crippen LogP contribution in [0.25, 0.3) is 0 Å². The van der Waals surface area contributed by atoms with Gasteiger partial charge in [-0.05, 0) is 22.6 Å². The van der Waals surface area contributed by atoms with Crippen LogP contribution in [0.5, 0.6) is 0 Å². The van der Waals surface area contributed by atoms with Gasteiger partial charge in [0, 0.05) is 3.58 Å². The fraction of sp³-hybridized carbons (Fsp3) is 0.667. The van der Waals surface area contributed by atoms with Gasteiger partial charge >= 0.3 is 13.6 Å². The number of amides is 1. The van der Waals surface area contributed by atoms with Crippen molar-refractivity contribution in [2.75, 3.05) is 12.8 Å². The number of hydrogen-bond donors (Lipinski definition) is 6. The summed E-state index contributed by atoms with van der Waals surface area (Å²) in [7, 11) is -4.41. The zero-order chi connectivity index (χ0) is 18.9. The normalized spacial score (nSPS) is 38.0. The number of halogens is 1. The molecule has 1 fully saturated rings. The lowest BCUT2D eigenvalue weighted by atomic mass is 9.93. The van der Waals surface area contributed by atoms with Crippen molar-refractivity contribution < 1.29 is 43.6 Å². The molecule has 1 amide bonds. The highest BCUT2D eigenvalue weighted by Crippen LogP contribution is 2.42. The lowest BCUT2D eigenvalue weighted by molar-refractivity contribution is -0.134. The van der Waals surface area contributed by atoms with E-state index < -0.39 is 68.7 Å². The van der Waals surface area contributed by atoms with E-state index >= 15 is 0 Å². The van der Waals surface area contributed by atoms with E-state index in [1.165, 1.54) is 6.08 Å². The Bertz CT molecular complexity index is 630. The molecule has 142 valence electrons. The predicted molar refractivity (Wildman–Crippen MR) is 90.7 cm³/mol. The van der Waals surface area contributed by atoms with Gasteiger partial charge in [0.15, 0.2) is 0 Å². The molecular weight excluding hydrogens is 474 g/mol. The summed E-state index contributed by atoms with van der Waals surface area (Å²) in [6, 6.07) is 0. The molecule has 1 saturated heterocycles. The molecule has 2 rings (SSSR count). The summed E-state index contributed by atoms with van der Waals surface area (Å²) < 4.78 is 22.2. The minimum absolute atomic E-state index is 0.496. The van der Waals surface area contributed by atoms with Crippen molar-refractivity contribution >= 4 is 42.1 Å². The number of ether oxygens (including phenoxy) is 1. The molecule has 0 radical (unpaired) electrons. The summed E-state index contributed by atoms with van der Waals surface area (Å²) in [6.45, 7) is -0.621. The number of carbonyl (C=O) groups is 2. The summed E-state index contributed by atoms with van der Waals surface area (Å²) in [6.07, 6.45) is -5.51. The Kier molecular flexibility index (Phi) is 6.60. The lowest BCUT2D eigenvalue weighted by Gasteiger charge is -2.29. The minimum Gasteiger partial charge on any atom is -0.481 e. The second kappa shape index (κ2) is 7.96. The Hall–Kier alpha value is -0.600. The van der Waals surface area contributed by atoms with Crippen molar-refractivity contribution in [1.29, 1.82) is 0 Å². The lowest BCUT2D eigenvalue weighted by Crippen LogP contribution is -2.52. The average Bonchev–Trinajstić information content (AvgIpc) is 2.76. The monoisotopic (exact) mass is 492 g/mol. The molecule has 0 saturated carbocycles. The molecule has 3 unspecified atom stereocenters. The molecule has 7 atom stereocenters. The maximum atomic E-state index is 12.0. The van der Waals surface area contributed by atoms with Crippen molar-refractivity contribution in [2.24, 2.45) is 11.7 Å². The van der Waals surface area contributed by atoms with Gasteiger partial charge in [-0.2, -0.15) is 0 Å². The fourth-order valence-corrected chi connectivity index (χ4v) is 3.89. The van der Waals surface area contributed by atoms with Crippen LogP contribution in [0, 0.1) is 5.92 Å². The zero-order valence-electron chi connectivity index (χ0n) is 12.7. The van der Waals surface area contributed by atoms with Gasteiger partial charge in [-0.3, -0.25) is 14.2 Å². The molecule has 0 aromatic heterocycles. The Morgan fingerprint density at radius 2 is 2.08 bits per heavy atom. The molecule has 2 aliphatic rings. The van der Waals surface area contributed by atoms with Crippen LogP contribution in [0.15, 0.2) is 9.66 Å². The Labute approximate surface area is 155 Å². The van der Waals surface area contributed by atoms with E-state index in [4.69, 9.17) is 15.6 Å². The third kappa shape index (κ3) is 4.98. The number of rotatable bonds is 6. The van der Waals surface area contributed by atoms with E-state index in [1.54, 1.807) is 0 Å². The quantitative estimate of drug-likeness (QED) is 0.181. The van der Waals surface area contributed by atoms with Crippen LogP contribution in [0.2, 0.25) is 0 Å².